The summed E-state index contributed by atoms with van der Waals surface area (Å²) in [6.07, 6.45) is 1.29. The van der Waals surface area contributed by atoms with Crippen LogP contribution in [0.5, 0.6) is 5.75 Å². The van der Waals surface area contributed by atoms with Gasteiger partial charge in [0.15, 0.2) is 0 Å². The SMILES string of the molecule is CON(C)C(=O)c1cc(O)cnc1C. The molecule has 0 aliphatic heterocycles. The number of aromatic hydroxyl groups is 1. The van der Waals surface area contributed by atoms with Gasteiger partial charge in [-0.2, -0.15) is 0 Å². The van der Waals surface area contributed by atoms with E-state index in [1.54, 1.807) is 6.92 Å². The van der Waals surface area contributed by atoms with Crippen molar-refractivity contribution in [2.45, 2.75) is 6.92 Å². The van der Waals surface area contributed by atoms with Gasteiger partial charge in [0.2, 0.25) is 0 Å². The van der Waals surface area contributed by atoms with Crippen LogP contribution >= 0.6 is 0 Å². The molecule has 0 saturated carbocycles. The van der Waals surface area contributed by atoms with Crippen molar-refractivity contribution in [3.05, 3.63) is 23.5 Å². The molecule has 1 N–H and O–H groups in total. The molecule has 5 heteroatoms. The molecule has 1 aromatic heterocycles. The Hall–Kier alpha value is -1.62. The summed E-state index contributed by atoms with van der Waals surface area (Å²) in [5.74, 6) is -0.378. The van der Waals surface area contributed by atoms with Crippen molar-refractivity contribution in [1.82, 2.24) is 10.0 Å². The summed E-state index contributed by atoms with van der Waals surface area (Å²) in [4.78, 5) is 20.2. The van der Waals surface area contributed by atoms with E-state index in [-0.39, 0.29) is 11.7 Å². The lowest BCUT2D eigenvalue weighted by molar-refractivity contribution is -0.0757. The second-order valence-corrected chi connectivity index (χ2v) is 2.81. The van der Waals surface area contributed by atoms with Crippen LogP contribution in [0.1, 0.15) is 16.1 Å². The standard InChI is InChI=1S/C9H12N2O3/c1-6-8(4-7(12)5-10-6)9(13)11(2)14-3/h4-5,12H,1-3H3. The van der Waals surface area contributed by atoms with Gasteiger partial charge >= 0.3 is 0 Å². The molecule has 1 aromatic rings. The fourth-order valence-electron chi connectivity index (χ4n) is 0.991. The van der Waals surface area contributed by atoms with E-state index in [2.05, 4.69) is 4.98 Å². The van der Waals surface area contributed by atoms with Crippen LogP contribution in [0.4, 0.5) is 0 Å². The monoisotopic (exact) mass is 196 g/mol. The number of hydroxylamine groups is 2. The minimum atomic E-state index is -0.339. The van der Waals surface area contributed by atoms with Crippen molar-refractivity contribution < 1.29 is 14.7 Å². The van der Waals surface area contributed by atoms with Crippen LogP contribution in [-0.2, 0) is 4.84 Å². The minimum absolute atomic E-state index is 0.0385. The number of hydrogen-bond acceptors (Lipinski definition) is 4. The molecule has 5 nitrogen and oxygen atoms in total. The fourth-order valence-corrected chi connectivity index (χ4v) is 0.991. The first-order chi connectivity index (χ1) is 6.56. The predicted molar refractivity (Wildman–Crippen MR) is 49.7 cm³/mol. The van der Waals surface area contributed by atoms with Crippen molar-refractivity contribution in [2.24, 2.45) is 0 Å². The third kappa shape index (κ3) is 2.00. The average molecular weight is 196 g/mol. The predicted octanol–water partition coefficient (Wildman–Crippen LogP) is 0.729. The van der Waals surface area contributed by atoms with Crippen LogP contribution in [0.3, 0.4) is 0 Å². The van der Waals surface area contributed by atoms with Crippen molar-refractivity contribution in [2.75, 3.05) is 14.2 Å². The molecule has 0 fully saturated rings. The lowest BCUT2D eigenvalue weighted by Gasteiger charge is -2.14. The topological polar surface area (TPSA) is 62.7 Å². The smallest absolute Gasteiger partial charge is 0.279 e. The molecule has 76 valence electrons. The summed E-state index contributed by atoms with van der Waals surface area (Å²) < 4.78 is 0. The summed E-state index contributed by atoms with van der Waals surface area (Å²) in [5.41, 5.74) is 0.881. The van der Waals surface area contributed by atoms with Crippen molar-refractivity contribution >= 4 is 5.91 Å². The summed E-state index contributed by atoms with van der Waals surface area (Å²) in [5, 5.41) is 10.2. The Kier molecular flexibility index (Phi) is 3.03. The third-order valence-corrected chi connectivity index (χ3v) is 1.86. The van der Waals surface area contributed by atoms with Gasteiger partial charge in [0.1, 0.15) is 5.75 Å². The highest BCUT2D eigenvalue weighted by Crippen LogP contribution is 2.14. The lowest BCUT2D eigenvalue weighted by Crippen LogP contribution is -2.26. The number of aryl methyl sites for hydroxylation is 1. The van der Waals surface area contributed by atoms with Gasteiger partial charge in [-0.05, 0) is 13.0 Å². The van der Waals surface area contributed by atoms with Gasteiger partial charge in [-0.25, -0.2) is 5.06 Å². The van der Waals surface area contributed by atoms with Crippen LogP contribution in [0.25, 0.3) is 0 Å². The lowest BCUT2D eigenvalue weighted by atomic mass is 10.2. The maximum atomic E-state index is 11.6. The van der Waals surface area contributed by atoms with Crippen LogP contribution in [0.15, 0.2) is 12.3 Å². The molecule has 0 atom stereocenters. The quantitative estimate of drug-likeness (QED) is 0.708. The Morgan fingerprint density at radius 1 is 1.64 bits per heavy atom. The molecular weight excluding hydrogens is 184 g/mol. The van der Waals surface area contributed by atoms with Gasteiger partial charge < -0.3 is 5.11 Å². The van der Waals surface area contributed by atoms with E-state index in [0.29, 0.717) is 11.3 Å². The second-order valence-electron chi connectivity index (χ2n) is 2.81. The zero-order valence-corrected chi connectivity index (χ0v) is 8.31. The van der Waals surface area contributed by atoms with Gasteiger partial charge in [-0.1, -0.05) is 0 Å². The molecule has 0 aliphatic rings. The molecule has 0 saturated heterocycles. The zero-order valence-electron chi connectivity index (χ0n) is 8.31. The third-order valence-electron chi connectivity index (χ3n) is 1.86. The maximum absolute atomic E-state index is 11.6. The molecule has 14 heavy (non-hydrogen) atoms. The molecule has 0 aromatic carbocycles. The number of rotatable bonds is 2. The first-order valence-electron chi connectivity index (χ1n) is 4.04. The normalized spacial score (nSPS) is 9.93. The molecule has 0 radical (unpaired) electrons. The van der Waals surface area contributed by atoms with E-state index < -0.39 is 0 Å². The van der Waals surface area contributed by atoms with E-state index >= 15 is 0 Å². The number of nitrogens with zero attached hydrogens (tertiary/aromatic N) is 2. The Morgan fingerprint density at radius 2 is 2.29 bits per heavy atom. The van der Waals surface area contributed by atoms with Crippen LogP contribution < -0.4 is 0 Å². The zero-order chi connectivity index (χ0) is 10.7. The molecule has 0 unspecified atom stereocenters. The Bertz CT molecular complexity index is 352. The van der Waals surface area contributed by atoms with Gasteiger partial charge in [-0.15, -0.1) is 0 Å². The van der Waals surface area contributed by atoms with Gasteiger partial charge in [-0.3, -0.25) is 14.6 Å². The molecule has 0 spiro atoms. The number of carbonyl (C=O) groups excluding carboxylic acids is 1. The summed E-state index contributed by atoms with van der Waals surface area (Å²) in [6, 6.07) is 1.36. The molecule has 0 bridgehead atoms. The highest BCUT2D eigenvalue weighted by molar-refractivity contribution is 5.94. The van der Waals surface area contributed by atoms with Crippen LogP contribution in [-0.4, -0.2) is 35.2 Å². The molecule has 1 rings (SSSR count). The number of amides is 1. The minimum Gasteiger partial charge on any atom is -0.506 e. The molecule has 0 aliphatic carbocycles. The van der Waals surface area contributed by atoms with Gasteiger partial charge in [0.05, 0.1) is 24.6 Å². The van der Waals surface area contributed by atoms with Crippen LogP contribution in [0, 0.1) is 6.92 Å². The van der Waals surface area contributed by atoms with E-state index in [9.17, 15) is 4.79 Å². The second kappa shape index (κ2) is 4.06. The maximum Gasteiger partial charge on any atom is 0.279 e. The number of hydrogen-bond donors (Lipinski definition) is 1. The highest BCUT2D eigenvalue weighted by atomic mass is 16.7. The average Bonchev–Trinajstić information content (AvgIpc) is 2.19. The first kappa shape index (κ1) is 10.5. The number of pyridine rings is 1. The van der Waals surface area contributed by atoms with Crippen molar-refractivity contribution in [3.8, 4) is 5.75 Å². The Labute approximate surface area is 81.9 Å². The number of carbonyl (C=O) groups is 1. The van der Waals surface area contributed by atoms with E-state index in [1.165, 1.54) is 26.4 Å². The fraction of sp³-hybridized carbons (Fsp3) is 0.333. The van der Waals surface area contributed by atoms with E-state index in [1.807, 2.05) is 0 Å². The molecule has 1 amide bonds. The van der Waals surface area contributed by atoms with E-state index in [0.717, 1.165) is 5.06 Å². The largest absolute Gasteiger partial charge is 0.506 e. The molecule has 1 heterocycles. The number of aromatic nitrogens is 1. The Balaban J connectivity index is 3.06. The first-order valence-corrected chi connectivity index (χ1v) is 4.04. The van der Waals surface area contributed by atoms with E-state index in [4.69, 9.17) is 9.94 Å². The van der Waals surface area contributed by atoms with Gasteiger partial charge in [0, 0.05) is 7.05 Å². The van der Waals surface area contributed by atoms with Gasteiger partial charge in [0.25, 0.3) is 5.91 Å². The summed E-state index contributed by atoms with van der Waals surface area (Å²) in [7, 11) is 2.88. The van der Waals surface area contributed by atoms with Crippen molar-refractivity contribution in [1.29, 1.82) is 0 Å². The Morgan fingerprint density at radius 3 is 2.86 bits per heavy atom. The highest BCUT2D eigenvalue weighted by Gasteiger charge is 2.15. The molecular formula is C9H12N2O3. The van der Waals surface area contributed by atoms with Crippen molar-refractivity contribution in [3.63, 3.8) is 0 Å². The summed E-state index contributed by atoms with van der Waals surface area (Å²) >= 11 is 0. The summed E-state index contributed by atoms with van der Waals surface area (Å²) in [6.45, 7) is 1.69. The van der Waals surface area contributed by atoms with Crippen LogP contribution in [0.2, 0.25) is 0 Å².